The zero-order chi connectivity index (χ0) is 30.6. The van der Waals surface area contributed by atoms with Crippen molar-refractivity contribution in [3.8, 4) is 11.1 Å². The van der Waals surface area contributed by atoms with Gasteiger partial charge in [0.2, 0.25) is 5.91 Å². The molecule has 2 atom stereocenters. The zero-order valence-electron chi connectivity index (χ0n) is 24.9. The lowest BCUT2D eigenvalue weighted by atomic mass is 10.0. The second kappa shape index (κ2) is 15.8. The van der Waals surface area contributed by atoms with Gasteiger partial charge >= 0.3 is 13.6 Å². The molecule has 0 unspecified atom stereocenters. The van der Waals surface area contributed by atoms with Crippen LogP contribution in [-0.2, 0) is 45.7 Å². The van der Waals surface area contributed by atoms with Gasteiger partial charge in [0, 0.05) is 14.2 Å². The standard InChI is InChI=1S/C32H41N2O7P/c1-32(2,3)41-31(36)29(22-40-21-25-12-8-6-9-13-25)34-30(35)28(33-23-42(37,38-4)39-5)20-24-16-18-27(19-17-24)26-14-10-7-11-15-26/h6-19,28-29,33H,20-23H2,1-5H3,(H,34,35)/t28-,29-/m0/s1. The van der Waals surface area contributed by atoms with Gasteiger partial charge < -0.3 is 23.8 Å². The topological polar surface area (TPSA) is 112 Å². The highest BCUT2D eigenvalue weighted by atomic mass is 31.2. The molecule has 226 valence electrons. The molecule has 0 saturated heterocycles. The number of esters is 1. The van der Waals surface area contributed by atoms with Crippen LogP contribution in [0.3, 0.4) is 0 Å². The number of hydrogen-bond donors (Lipinski definition) is 2. The number of carbonyl (C=O) groups excluding carboxylic acids is 2. The van der Waals surface area contributed by atoms with Gasteiger partial charge in [-0.25, -0.2) is 4.79 Å². The van der Waals surface area contributed by atoms with Crippen LogP contribution in [0.15, 0.2) is 84.9 Å². The van der Waals surface area contributed by atoms with E-state index in [4.69, 9.17) is 18.5 Å². The third kappa shape index (κ3) is 10.8. The van der Waals surface area contributed by atoms with E-state index in [1.54, 1.807) is 20.8 Å². The minimum atomic E-state index is -3.47. The van der Waals surface area contributed by atoms with Gasteiger partial charge in [-0.15, -0.1) is 0 Å². The first-order valence-corrected chi connectivity index (χ1v) is 15.5. The van der Waals surface area contributed by atoms with Gasteiger partial charge in [0.25, 0.3) is 0 Å². The molecule has 10 heteroatoms. The van der Waals surface area contributed by atoms with Crippen LogP contribution in [0.25, 0.3) is 11.1 Å². The van der Waals surface area contributed by atoms with Crippen LogP contribution >= 0.6 is 7.60 Å². The molecule has 0 heterocycles. The molecule has 0 aliphatic rings. The molecular formula is C32H41N2O7P. The first-order chi connectivity index (χ1) is 20.0. The average Bonchev–Trinajstić information content (AvgIpc) is 2.99. The number of ether oxygens (including phenoxy) is 2. The molecule has 0 spiro atoms. The van der Waals surface area contributed by atoms with Crippen molar-refractivity contribution < 1.29 is 32.7 Å². The Balaban J connectivity index is 1.78. The lowest BCUT2D eigenvalue weighted by Gasteiger charge is -2.27. The molecule has 0 radical (unpaired) electrons. The van der Waals surface area contributed by atoms with E-state index < -0.39 is 37.2 Å². The fourth-order valence-electron chi connectivity index (χ4n) is 4.07. The van der Waals surface area contributed by atoms with E-state index in [0.29, 0.717) is 0 Å². The van der Waals surface area contributed by atoms with E-state index in [1.165, 1.54) is 14.2 Å². The van der Waals surface area contributed by atoms with Crippen molar-refractivity contribution in [1.82, 2.24) is 10.6 Å². The van der Waals surface area contributed by atoms with Gasteiger partial charge in [-0.05, 0) is 49.4 Å². The fourth-order valence-corrected chi connectivity index (χ4v) is 4.92. The van der Waals surface area contributed by atoms with E-state index in [-0.39, 0.29) is 25.9 Å². The van der Waals surface area contributed by atoms with Crippen molar-refractivity contribution in [3.63, 3.8) is 0 Å². The van der Waals surface area contributed by atoms with E-state index >= 15 is 0 Å². The van der Waals surface area contributed by atoms with Gasteiger partial charge in [0.1, 0.15) is 5.60 Å². The summed E-state index contributed by atoms with van der Waals surface area (Å²) in [6.45, 7) is 5.43. The lowest BCUT2D eigenvalue weighted by molar-refractivity contribution is -0.160. The van der Waals surface area contributed by atoms with Crippen LogP contribution in [0.2, 0.25) is 0 Å². The van der Waals surface area contributed by atoms with Crippen LogP contribution in [0.1, 0.15) is 31.9 Å². The number of amides is 1. The predicted molar refractivity (Wildman–Crippen MR) is 163 cm³/mol. The summed E-state index contributed by atoms with van der Waals surface area (Å²) in [5.41, 5.74) is 3.15. The zero-order valence-corrected chi connectivity index (χ0v) is 25.8. The first kappa shape index (κ1) is 33.2. The van der Waals surface area contributed by atoms with Crippen LogP contribution in [0.5, 0.6) is 0 Å². The summed E-state index contributed by atoms with van der Waals surface area (Å²) >= 11 is 0. The van der Waals surface area contributed by atoms with Gasteiger partial charge in [-0.1, -0.05) is 84.9 Å². The molecule has 2 N–H and O–H groups in total. The van der Waals surface area contributed by atoms with E-state index in [1.807, 2.05) is 84.9 Å². The van der Waals surface area contributed by atoms with Crippen molar-refractivity contribution >= 4 is 19.5 Å². The van der Waals surface area contributed by atoms with E-state index in [2.05, 4.69) is 10.6 Å². The van der Waals surface area contributed by atoms with Crippen LogP contribution in [-0.4, -0.2) is 56.7 Å². The van der Waals surface area contributed by atoms with Crippen molar-refractivity contribution in [2.24, 2.45) is 0 Å². The molecule has 0 saturated carbocycles. The highest BCUT2D eigenvalue weighted by molar-refractivity contribution is 7.53. The fraction of sp³-hybridized carbons (Fsp3) is 0.375. The maximum Gasteiger partial charge on any atom is 0.343 e. The van der Waals surface area contributed by atoms with Gasteiger partial charge in [-0.2, -0.15) is 0 Å². The number of rotatable bonds is 15. The molecule has 0 aliphatic carbocycles. The summed E-state index contributed by atoms with van der Waals surface area (Å²) in [5.74, 6) is -1.10. The third-order valence-corrected chi connectivity index (χ3v) is 7.99. The lowest BCUT2D eigenvalue weighted by Crippen LogP contribution is -2.53. The Morgan fingerprint density at radius 1 is 0.786 bits per heavy atom. The molecular weight excluding hydrogens is 555 g/mol. The van der Waals surface area contributed by atoms with E-state index in [0.717, 1.165) is 22.3 Å². The summed E-state index contributed by atoms with van der Waals surface area (Å²) < 4.78 is 34.2. The number of carbonyl (C=O) groups is 2. The third-order valence-electron chi connectivity index (χ3n) is 6.31. The van der Waals surface area contributed by atoms with Gasteiger partial charge in [-0.3, -0.25) is 14.7 Å². The molecule has 0 aromatic heterocycles. The molecule has 3 aromatic carbocycles. The Bertz CT molecular complexity index is 1300. The maximum atomic E-state index is 13.6. The Kier molecular flexibility index (Phi) is 12.5. The van der Waals surface area contributed by atoms with Crippen molar-refractivity contribution in [2.45, 2.75) is 51.5 Å². The Morgan fingerprint density at radius 2 is 1.36 bits per heavy atom. The molecule has 3 rings (SSSR count). The van der Waals surface area contributed by atoms with Gasteiger partial charge in [0.05, 0.1) is 25.5 Å². The normalized spacial score (nSPS) is 13.3. The van der Waals surface area contributed by atoms with Crippen LogP contribution in [0.4, 0.5) is 0 Å². The quantitative estimate of drug-likeness (QED) is 0.179. The minimum absolute atomic E-state index is 0.0946. The van der Waals surface area contributed by atoms with Crippen molar-refractivity contribution in [3.05, 3.63) is 96.1 Å². The molecule has 9 nitrogen and oxygen atoms in total. The SMILES string of the molecule is COP(=O)(CN[C@@H](Cc1ccc(-c2ccccc2)cc1)C(=O)N[C@@H](COCc1ccccc1)C(=O)OC(C)(C)C)OC. The van der Waals surface area contributed by atoms with Crippen molar-refractivity contribution in [2.75, 3.05) is 27.1 Å². The molecule has 1 amide bonds. The predicted octanol–water partition coefficient (Wildman–Crippen LogP) is 5.34. The highest BCUT2D eigenvalue weighted by Gasteiger charge is 2.31. The smallest absolute Gasteiger partial charge is 0.343 e. The van der Waals surface area contributed by atoms with Gasteiger partial charge in [0.15, 0.2) is 6.04 Å². The molecule has 0 bridgehead atoms. The summed E-state index contributed by atoms with van der Waals surface area (Å²) in [5, 5.41) is 5.80. The molecule has 3 aromatic rings. The van der Waals surface area contributed by atoms with Crippen molar-refractivity contribution in [1.29, 1.82) is 0 Å². The number of hydrogen-bond acceptors (Lipinski definition) is 8. The molecule has 42 heavy (non-hydrogen) atoms. The highest BCUT2D eigenvalue weighted by Crippen LogP contribution is 2.44. The second-order valence-electron chi connectivity index (χ2n) is 10.8. The van der Waals surface area contributed by atoms with Crippen LogP contribution in [0, 0.1) is 0 Å². The average molecular weight is 597 g/mol. The summed E-state index contributed by atoms with van der Waals surface area (Å²) in [6.07, 6.45) is 0.0437. The Morgan fingerprint density at radius 3 is 1.93 bits per heavy atom. The minimum Gasteiger partial charge on any atom is -0.458 e. The number of nitrogens with one attached hydrogen (secondary N) is 2. The molecule has 0 aliphatic heterocycles. The Labute approximate surface area is 248 Å². The maximum absolute atomic E-state index is 13.6. The Hall–Kier alpha value is -3.33. The summed E-state index contributed by atoms with van der Waals surface area (Å²) in [4.78, 5) is 26.7. The largest absolute Gasteiger partial charge is 0.458 e. The monoisotopic (exact) mass is 596 g/mol. The second-order valence-corrected chi connectivity index (χ2v) is 13.0. The first-order valence-electron chi connectivity index (χ1n) is 13.7. The number of benzene rings is 3. The summed E-state index contributed by atoms with van der Waals surface area (Å²) in [7, 11) is -0.900. The molecule has 0 fully saturated rings. The summed E-state index contributed by atoms with van der Waals surface area (Å²) in [6, 6.07) is 25.4. The van der Waals surface area contributed by atoms with Crippen LogP contribution < -0.4 is 10.6 Å². The van der Waals surface area contributed by atoms with E-state index in [9.17, 15) is 14.2 Å².